The van der Waals surface area contributed by atoms with Gasteiger partial charge in [-0.15, -0.1) is 0 Å². The molecule has 5 fully saturated rings. The molecule has 160 valence electrons. The average molecular weight is 401 g/mol. The molecule has 6 rings (SSSR count). The third-order valence-electron chi connectivity index (χ3n) is 8.59. The van der Waals surface area contributed by atoms with Gasteiger partial charge in [-0.3, -0.25) is 4.79 Å². The van der Waals surface area contributed by atoms with Crippen LogP contribution in [-0.4, -0.2) is 34.4 Å². The Kier molecular flexibility index (Phi) is 5.09. The summed E-state index contributed by atoms with van der Waals surface area (Å²) < 4.78 is 7.85. The number of amides is 1. The number of aromatic nitrogens is 2. The van der Waals surface area contributed by atoms with Crippen LogP contribution in [0.1, 0.15) is 74.6 Å². The maximum atomic E-state index is 13.4. The number of carbonyl (C=O) groups is 1. The van der Waals surface area contributed by atoms with Crippen LogP contribution in [0, 0.1) is 29.6 Å². The van der Waals surface area contributed by atoms with Crippen LogP contribution in [0.2, 0.25) is 0 Å². The maximum absolute atomic E-state index is 13.4. The van der Waals surface area contributed by atoms with Crippen LogP contribution in [0.4, 0.5) is 0 Å². The lowest BCUT2D eigenvalue weighted by Gasteiger charge is -2.61. The van der Waals surface area contributed by atoms with Crippen molar-refractivity contribution in [2.24, 2.45) is 42.4 Å². The van der Waals surface area contributed by atoms with E-state index in [1.165, 1.54) is 64.2 Å². The van der Waals surface area contributed by atoms with Crippen LogP contribution in [0.25, 0.3) is 0 Å². The average Bonchev–Trinajstić information content (AvgIpc) is 3.10. The molecule has 5 aliphatic carbocycles. The van der Waals surface area contributed by atoms with E-state index in [0.717, 1.165) is 11.8 Å². The van der Waals surface area contributed by atoms with Crippen LogP contribution in [-0.2, 0) is 7.05 Å². The maximum Gasteiger partial charge on any atom is 0.258 e. The second-order valence-electron chi connectivity index (χ2n) is 10.3. The first kappa shape index (κ1) is 19.4. The minimum absolute atomic E-state index is 0.0605. The molecule has 1 aromatic rings. The van der Waals surface area contributed by atoms with Gasteiger partial charge >= 0.3 is 0 Å². The molecule has 4 bridgehead atoms. The van der Waals surface area contributed by atoms with E-state index in [4.69, 9.17) is 10.5 Å². The first-order valence-corrected chi connectivity index (χ1v) is 11.8. The van der Waals surface area contributed by atoms with Gasteiger partial charge in [0.25, 0.3) is 5.91 Å². The number of nitrogens with two attached hydrogens (primary N) is 1. The van der Waals surface area contributed by atoms with Gasteiger partial charge < -0.3 is 15.8 Å². The summed E-state index contributed by atoms with van der Waals surface area (Å²) in [7, 11) is 1.86. The van der Waals surface area contributed by atoms with Crippen LogP contribution in [0.3, 0.4) is 0 Å². The minimum atomic E-state index is -0.249. The molecule has 6 nitrogen and oxygen atoms in total. The molecule has 1 heterocycles. The second-order valence-corrected chi connectivity index (χ2v) is 10.3. The second kappa shape index (κ2) is 7.60. The van der Waals surface area contributed by atoms with Gasteiger partial charge in [-0.1, -0.05) is 19.3 Å². The van der Waals surface area contributed by atoms with Crippen LogP contribution in [0.15, 0.2) is 6.20 Å². The summed E-state index contributed by atoms with van der Waals surface area (Å²) in [6.07, 6.45) is 14.3. The molecule has 1 amide bonds. The van der Waals surface area contributed by atoms with Gasteiger partial charge in [0, 0.05) is 13.6 Å². The lowest BCUT2D eigenvalue weighted by atomic mass is 9.48. The van der Waals surface area contributed by atoms with E-state index < -0.39 is 0 Å². The molecule has 0 atom stereocenters. The van der Waals surface area contributed by atoms with Gasteiger partial charge in [-0.05, 0) is 74.5 Å². The highest BCUT2D eigenvalue weighted by molar-refractivity contribution is 5.96. The number of aryl methyl sites for hydroxylation is 1. The molecule has 0 aromatic carbocycles. The van der Waals surface area contributed by atoms with Gasteiger partial charge in [0.15, 0.2) is 0 Å². The molecule has 6 heteroatoms. The quantitative estimate of drug-likeness (QED) is 0.768. The molecule has 5 aliphatic rings. The zero-order valence-corrected chi connectivity index (χ0v) is 17.7. The van der Waals surface area contributed by atoms with Crippen molar-refractivity contribution >= 4 is 5.91 Å². The number of carbonyl (C=O) groups excluding carboxylic acids is 1. The zero-order chi connectivity index (χ0) is 20.0. The Bertz CT molecular complexity index is 724. The van der Waals surface area contributed by atoms with Crippen LogP contribution >= 0.6 is 0 Å². The number of hydrogen-bond acceptors (Lipinski definition) is 4. The summed E-state index contributed by atoms with van der Waals surface area (Å²) >= 11 is 0. The first-order valence-electron chi connectivity index (χ1n) is 11.8. The van der Waals surface area contributed by atoms with Crippen LogP contribution in [0.5, 0.6) is 5.88 Å². The first-order chi connectivity index (χ1) is 14.1. The van der Waals surface area contributed by atoms with E-state index in [0.29, 0.717) is 42.3 Å². The molecular formula is C23H36N4O2. The highest BCUT2D eigenvalue weighted by Crippen LogP contribution is 2.58. The van der Waals surface area contributed by atoms with Gasteiger partial charge in [-0.2, -0.15) is 5.10 Å². The summed E-state index contributed by atoms with van der Waals surface area (Å²) in [5.74, 6) is 3.88. The Labute approximate surface area is 173 Å². The molecule has 3 N–H and O–H groups in total. The topological polar surface area (TPSA) is 82.2 Å². The third kappa shape index (κ3) is 3.37. The Balaban J connectivity index is 1.32. The number of hydrogen-bond donors (Lipinski definition) is 2. The zero-order valence-electron chi connectivity index (χ0n) is 17.7. The Morgan fingerprint density at radius 1 is 1.17 bits per heavy atom. The normalized spacial score (nSPS) is 36.3. The van der Waals surface area contributed by atoms with E-state index in [-0.39, 0.29) is 11.4 Å². The fourth-order valence-electron chi connectivity index (χ4n) is 7.20. The predicted octanol–water partition coefficient (Wildman–Crippen LogP) is 3.26. The molecule has 29 heavy (non-hydrogen) atoms. The highest BCUT2D eigenvalue weighted by Gasteiger charge is 2.57. The minimum Gasteiger partial charge on any atom is -0.477 e. The largest absolute Gasteiger partial charge is 0.477 e. The molecule has 0 spiro atoms. The molecule has 0 radical (unpaired) electrons. The van der Waals surface area contributed by atoms with E-state index >= 15 is 0 Å². The van der Waals surface area contributed by atoms with Crippen molar-refractivity contribution in [3.63, 3.8) is 0 Å². The summed E-state index contributed by atoms with van der Waals surface area (Å²) in [6.45, 7) is 1.21. The smallest absolute Gasteiger partial charge is 0.258 e. The summed E-state index contributed by atoms with van der Waals surface area (Å²) in [4.78, 5) is 13.4. The van der Waals surface area contributed by atoms with Gasteiger partial charge in [0.05, 0.1) is 18.3 Å². The fraction of sp³-hybridized carbons (Fsp3) is 0.826. The van der Waals surface area contributed by atoms with Crippen LogP contribution < -0.4 is 15.8 Å². The lowest BCUT2D eigenvalue weighted by molar-refractivity contribution is -0.0649. The number of nitrogens with one attached hydrogen (secondary N) is 1. The molecule has 0 unspecified atom stereocenters. The van der Waals surface area contributed by atoms with Crippen molar-refractivity contribution in [2.45, 2.75) is 69.7 Å². The van der Waals surface area contributed by atoms with Gasteiger partial charge in [0.1, 0.15) is 5.56 Å². The highest BCUT2D eigenvalue weighted by atomic mass is 16.5. The standard InChI is InChI=1S/C23H36N4O2/c1-27-22(29-13-15-5-3-2-4-6-15)20(12-25-27)21(28)26-23(14-24)18-8-16-7-17(10-18)11-19(23)9-16/h12,15-19H,2-11,13-14,24H2,1H3,(H,26,28). The molecule has 1 aromatic heterocycles. The monoisotopic (exact) mass is 400 g/mol. The third-order valence-corrected chi connectivity index (χ3v) is 8.59. The number of nitrogens with zero attached hydrogens (tertiary/aromatic N) is 2. The Morgan fingerprint density at radius 3 is 2.45 bits per heavy atom. The summed E-state index contributed by atoms with van der Waals surface area (Å²) in [5, 5.41) is 7.77. The van der Waals surface area contributed by atoms with E-state index in [9.17, 15) is 4.79 Å². The molecule has 0 saturated heterocycles. The molecule has 5 saturated carbocycles. The Morgan fingerprint density at radius 2 is 1.83 bits per heavy atom. The van der Waals surface area contributed by atoms with Crippen molar-refractivity contribution in [3.05, 3.63) is 11.8 Å². The van der Waals surface area contributed by atoms with Crippen molar-refractivity contribution in [2.75, 3.05) is 13.2 Å². The van der Waals surface area contributed by atoms with Crippen molar-refractivity contribution in [1.29, 1.82) is 0 Å². The lowest BCUT2D eigenvalue weighted by Crippen LogP contribution is -2.69. The van der Waals surface area contributed by atoms with E-state index in [1.807, 2.05) is 7.05 Å². The van der Waals surface area contributed by atoms with Gasteiger partial charge in [-0.25, -0.2) is 4.68 Å². The molecule has 0 aliphatic heterocycles. The SMILES string of the molecule is Cn1ncc(C(=O)NC2(CN)C3CC4CC(C3)CC2C4)c1OCC1CCCCC1. The number of ether oxygens (including phenoxy) is 1. The summed E-state index contributed by atoms with van der Waals surface area (Å²) in [5.41, 5.74) is 6.66. The van der Waals surface area contributed by atoms with E-state index in [2.05, 4.69) is 10.4 Å². The van der Waals surface area contributed by atoms with E-state index in [1.54, 1.807) is 10.9 Å². The fourth-order valence-corrected chi connectivity index (χ4v) is 7.20. The van der Waals surface area contributed by atoms with Crippen molar-refractivity contribution in [3.8, 4) is 5.88 Å². The number of rotatable bonds is 6. The van der Waals surface area contributed by atoms with Crippen molar-refractivity contribution < 1.29 is 9.53 Å². The Hall–Kier alpha value is -1.56. The summed E-state index contributed by atoms with van der Waals surface area (Å²) in [6, 6.07) is 0. The molecular weight excluding hydrogens is 364 g/mol. The predicted molar refractivity (Wildman–Crippen MR) is 112 cm³/mol. The van der Waals surface area contributed by atoms with Crippen molar-refractivity contribution in [1.82, 2.24) is 15.1 Å². The van der Waals surface area contributed by atoms with Gasteiger partial charge in [0.2, 0.25) is 5.88 Å².